The Bertz CT molecular complexity index is 471. The quantitative estimate of drug-likeness (QED) is 0.714. The molecule has 0 aliphatic heterocycles. The molecule has 1 rings (SSSR count). The van der Waals surface area contributed by atoms with Crippen LogP contribution in [0.15, 0.2) is 18.2 Å². The van der Waals surface area contributed by atoms with Crippen molar-refractivity contribution < 1.29 is 19.4 Å². The van der Waals surface area contributed by atoms with E-state index in [2.05, 4.69) is 5.32 Å². The molecule has 0 saturated heterocycles. The van der Waals surface area contributed by atoms with E-state index >= 15 is 0 Å². The Morgan fingerprint density at radius 1 is 1.30 bits per heavy atom. The van der Waals surface area contributed by atoms with Crippen LogP contribution in [0.5, 0.6) is 0 Å². The highest BCUT2D eigenvalue weighted by atomic mass is 16.5. The maximum Gasteiger partial charge on any atom is 0.322 e. The van der Waals surface area contributed by atoms with Gasteiger partial charge in [0.25, 0.3) is 0 Å². The van der Waals surface area contributed by atoms with E-state index in [0.717, 1.165) is 23.2 Å². The molecule has 0 heterocycles. The molecule has 20 heavy (non-hydrogen) atoms. The van der Waals surface area contributed by atoms with Crippen LogP contribution in [0.25, 0.3) is 0 Å². The van der Waals surface area contributed by atoms with Gasteiger partial charge in [0.1, 0.15) is 6.54 Å². The summed E-state index contributed by atoms with van der Waals surface area (Å²) in [4.78, 5) is 21.9. The zero-order valence-corrected chi connectivity index (χ0v) is 11.9. The summed E-state index contributed by atoms with van der Waals surface area (Å²) in [5.41, 5.74) is 2.93. The molecule has 0 atom stereocenters. The van der Waals surface area contributed by atoms with Gasteiger partial charge in [-0.3, -0.25) is 9.59 Å². The summed E-state index contributed by atoms with van der Waals surface area (Å²) in [6, 6.07) is 5.77. The van der Waals surface area contributed by atoms with Crippen LogP contribution in [0.2, 0.25) is 0 Å². The second-order valence-electron chi connectivity index (χ2n) is 4.40. The molecule has 2 N–H and O–H groups in total. The molecular formula is C15H21NO4. The summed E-state index contributed by atoms with van der Waals surface area (Å²) in [6.07, 6.45) is 1.79. The Hall–Kier alpha value is -2.04. The van der Waals surface area contributed by atoms with E-state index in [0.29, 0.717) is 19.4 Å². The van der Waals surface area contributed by atoms with Crippen LogP contribution in [0.1, 0.15) is 31.4 Å². The van der Waals surface area contributed by atoms with Gasteiger partial charge in [0.05, 0.1) is 6.61 Å². The molecule has 0 radical (unpaired) electrons. The van der Waals surface area contributed by atoms with Gasteiger partial charge in [0.15, 0.2) is 0 Å². The maximum absolute atomic E-state index is 11.3. The van der Waals surface area contributed by atoms with Crippen molar-refractivity contribution in [2.45, 2.75) is 33.1 Å². The van der Waals surface area contributed by atoms with Crippen LogP contribution >= 0.6 is 0 Å². The predicted molar refractivity (Wildman–Crippen MR) is 76.9 cm³/mol. The number of aliphatic carboxylic acids is 1. The van der Waals surface area contributed by atoms with Crippen molar-refractivity contribution in [3.63, 3.8) is 0 Å². The van der Waals surface area contributed by atoms with Crippen molar-refractivity contribution in [3.8, 4) is 0 Å². The summed E-state index contributed by atoms with van der Waals surface area (Å²) in [6.45, 7) is 4.10. The van der Waals surface area contributed by atoms with Crippen LogP contribution in [-0.4, -0.2) is 30.2 Å². The average Bonchev–Trinajstić information content (AvgIpc) is 2.43. The lowest BCUT2D eigenvalue weighted by molar-refractivity contribution is -0.143. The fourth-order valence-corrected chi connectivity index (χ4v) is 1.92. The van der Waals surface area contributed by atoms with E-state index in [4.69, 9.17) is 9.84 Å². The smallest absolute Gasteiger partial charge is 0.322 e. The molecule has 1 aromatic carbocycles. The first-order valence-electron chi connectivity index (χ1n) is 6.79. The minimum atomic E-state index is -0.890. The largest absolute Gasteiger partial charge is 0.480 e. The van der Waals surface area contributed by atoms with Crippen molar-refractivity contribution in [1.82, 2.24) is 0 Å². The Labute approximate surface area is 118 Å². The lowest BCUT2D eigenvalue weighted by Gasteiger charge is -2.11. The first kappa shape index (κ1) is 16.0. The summed E-state index contributed by atoms with van der Waals surface area (Å²) in [5.74, 6) is -1.09. The van der Waals surface area contributed by atoms with Gasteiger partial charge < -0.3 is 15.2 Å². The van der Waals surface area contributed by atoms with Crippen molar-refractivity contribution >= 4 is 17.6 Å². The number of rotatable bonds is 8. The molecule has 0 aliphatic carbocycles. The number of ether oxygens (including phenoxy) is 1. The average molecular weight is 279 g/mol. The van der Waals surface area contributed by atoms with Crippen molar-refractivity contribution in [2.75, 3.05) is 18.5 Å². The Balaban J connectivity index is 2.66. The summed E-state index contributed by atoms with van der Waals surface area (Å²) in [5, 5.41) is 11.6. The third kappa shape index (κ3) is 5.30. The van der Waals surface area contributed by atoms with E-state index in [1.54, 1.807) is 6.92 Å². The summed E-state index contributed by atoms with van der Waals surface area (Å²) < 4.78 is 4.89. The number of carbonyl (C=O) groups excluding carboxylic acids is 1. The van der Waals surface area contributed by atoms with Crippen molar-refractivity contribution in [3.05, 3.63) is 29.3 Å². The molecular weight excluding hydrogens is 258 g/mol. The third-order valence-electron chi connectivity index (χ3n) is 2.90. The number of anilines is 1. The van der Waals surface area contributed by atoms with Crippen LogP contribution in [0.3, 0.4) is 0 Å². The van der Waals surface area contributed by atoms with E-state index in [1.807, 2.05) is 25.1 Å². The number of carbonyl (C=O) groups is 2. The Morgan fingerprint density at radius 2 is 2.05 bits per heavy atom. The number of carboxylic acid groups (broad SMARTS) is 1. The fourth-order valence-electron chi connectivity index (χ4n) is 1.92. The van der Waals surface area contributed by atoms with Gasteiger partial charge in [-0.25, -0.2) is 0 Å². The molecule has 0 aromatic heterocycles. The van der Waals surface area contributed by atoms with Gasteiger partial charge in [-0.1, -0.05) is 19.1 Å². The van der Waals surface area contributed by atoms with Crippen molar-refractivity contribution in [1.29, 1.82) is 0 Å². The first-order chi connectivity index (χ1) is 9.56. The van der Waals surface area contributed by atoms with E-state index in [9.17, 15) is 9.59 Å². The fraction of sp³-hybridized carbons (Fsp3) is 0.467. The van der Waals surface area contributed by atoms with Crippen LogP contribution in [0.4, 0.5) is 5.69 Å². The SMILES string of the molecule is CCOC(=O)CCc1ccc(NCC(=O)O)c(CC)c1. The lowest BCUT2D eigenvalue weighted by Crippen LogP contribution is -2.13. The highest BCUT2D eigenvalue weighted by Crippen LogP contribution is 2.19. The van der Waals surface area contributed by atoms with Gasteiger partial charge in [0.2, 0.25) is 0 Å². The molecule has 0 bridgehead atoms. The zero-order valence-electron chi connectivity index (χ0n) is 11.9. The summed E-state index contributed by atoms with van der Waals surface area (Å²) in [7, 11) is 0. The highest BCUT2D eigenvalue weighted by Gasteiger charge is 2.06. The topological polar surface area (TPSA) is 75.6 Å². The molecule has 0 saturated carbocycles. The lowest BCUT2D eigenvalue weighted by atomic mass is 10.0. The molecule has 0 amide bonds. The van der Waals surface area contributed by atoms with Gasteiger partial charge in [0, 0.05) is 12.1 Å². The number of hydrogen-bond acceptors (Lipinski definition) is 4. The van der Waals surface area contributed by atoms with E-state index in [-0.39, 0.29) is 12.5 Å². The predicted octanol–water partition coefficient (Wildman–Crippen LogP) is 2.24. The number of nitrogens with one attached hydrogen (secondary N) is 1. The summed E-state index contributed by atoms with van der Waals surface area (Å²) >= 11 is 0. The standard InChI is InChI=1S/C15H21NO4/c1-3-12-9-11(6-8-15(19)20-4-2)5-7-13(12)16-10-14(17)18/h5,7,9,16H,3-4,6,8,10H2,1-2H3,(H,17,18). The third-order valence-corrected chi connectivity index (χ3v) is 2.90. The monoisotopic (exact) mass is 279 g/mol. The molecule has 110 valence electrons. The first-order valence-corrected chi connectivity index (χ1v) is 6.79. The minimum Gasteiger partial charge on any atom is -0.480 e. The normalized spacial score (nSPS) is 10.1. The van der Waals surface area contributed by atoms with Gasteiger partial charge in [-0.2, -0.15) is 0 Å². The van der Waals surface area contributed by atoms with Gasteiger partial charge in [-0.15, -0.1) is 0 Å². The van der Waals surface area contributed by atoms with E-state index < -0.39 is 5.97 Å². The van der Waals surface area contributed by atoms with Crippen molar-refractivity contribution in [2.24, 2.45) is 0 Å². The number of carboxylic acids is 1. The molecule has 0 unspecified atom stereocenters. The number of hydrogen-bond donors (Lipinski definition) is 2. The number of aryl methyl sites for hydroxylation is 2. The molecule has 5 nitrogen and oxygen atoms in total. The number of esters is 1. The molecule has 0 aliphatic rings. The Morgan fingerprint density at radius 3 is 2.65 bits per heavy atom. The second-order valence-corrected chi connectivity index (χ2v) is 4.40. The molecule has 0 spiro atoms. The van der Waals surface area contributed by atoms with Gasteiger partial charge in [-0.05, 0) is 37.0 Å². The maximum atomic E-state index is 11.3. The Kier molecular flexibility index (Phi) is 6.56. The van der Waals surface area contributed by atoms with Crippen LogP contribution in [-0.2, 0) is 27.2 Å². The second kappa shape index (κ2) is 8.19. The molecule has 5 heteroatoms. The van der Waals surface area contributed by atoms with Crippen LogP contribution < -0.4 is 5.32 Å². The molecule has 0 fully saturated rings. The van der Waals surface area contributed by atoms with Crippen LogP contribution in [0, 0.1) is 0 Å². The molecule has 1 aromatic rings. The number of benzene rings is 1. The van der Waals surface area contributed by atoms with Gasteiger partial charge >= 0.3 is 11.9 Å². The minimum absolute atomic E-state index is 0.102. The van der Waals surface area contributed by atoms with E-state index in [1.165, 1.54) is 0 Å². The zero-order chi connectivity index (χ0) is 15.0. The highest BCUT2D eigenvalue weighted by molar-refractivity contribution is 5.73.